The number of unbranched alkanes of at least 4 members (excludes halogenated alkanes) is 2. The maximum absolute atomic E-state index is 11.5. The van der Waals surface area contributed by atoms with Crippen LogP contribution in [0, 0.1) is 0 Å². The van der Waals surface area contributed by atoms with Gasteiger partial charge >= 0.3 is 6.36 Å². The first kappa shape index (κ1) is 14.7. The van der Waals surface area contributed by atoms with E-state index >= 15 is 0 Å². The summed E-state index contributed by atoms with van der Waals surface area (Å²) in [7, 11) is 1.94. The van der Waals surface area contributed by atoms with Gasteiger partial charge in [-0.3, -0.25) is 4.74 Å². The Labute approximate surface area is 88.4 Å². The lowest BCUT2D eigenvalue weighted by molar-refractivity contribution is -0.324. The van der Waals surface area contributed by atoms with Crippen molar-refractivity contribution in [1.29, 1.82) is 0 Å². The minimum atomic E-state index is -4.49. The van der Waals surface area contributed by atoms with Crippen LogP contribution < -0.4 is 5.73 Å². The molecule has 0 atom stereocenters. The van der Waals surface area contributed by atoms with Gasteiger partial charge in [0.2, 0.25) is 0 Å². The van der Waals surface area contributed by atoms with Crippen molar-refractivity contribution >= 4 is 0 Å². The third kappa shape index (κ3) is 11.6. The van der Waals surface area contributed by atoms with Crippen LogP contribution in [-0.4, -0.2) is 44.6 Å². The van der Waals surface area contributed by atoms with Crippen LogP contribution in [0.5, 0.6) is 0 Å². The van der Waals surface area contributed by atoms with Crippen molar-refractivity contribution in [2.75, 3.05) is 33.3 Å². The van der Waals surface area contributed by atoms with Gasteiger partial charge in [-0.25, -0.2) is 0 Å². The van der Waals surface area contributed by atoms with Crippen molar-refractivity contribution in [1.82, 2.24) is 4.90 Å². The predicted molar refractivity (Wildman–Crippen MR) is 52.4 cm³/mol. The van der Waals surface area contributed by atoms with E-state index in [-0.39, 0.29) is 6.61 Å². The Morgan fingerprint density at radius 3 is 2.33 bits per heavy atom. The summed E-state index contributed by atoms with van der Waals surface area (Å²) < 4.78 is 38.3. The minimum Gasteiger partial charge on any atom is -0.329 e. The molecular formula is C9H19F3N2O. The SMILES string of the molecule is CN(CCN)CCCCCOC(F)(F)F. The molecule has 2 N–H and O–H groups in total. The van der Waals surface area contributed by atoms with Crippen molar-refractivity contribution in [3.8, 4) is 0 Å². The molecule has 0 aliphatic heterocycles. The highest BCUT2D eigenvalue weighted by molar-refractivity contribution is 4.52. The number of ether oxygens (including phenoxy) is 1. The quantitative estimate of drug-likeness (QED) is 0.641. The smallest absolute Gasteiger partial charge is 0.329 e. The average Bonchev–Trinajstić information content (AvgIpc) is 2.09. The van der Waals surface area contributed by atoms with E-state index in [9.17, 15) is 13.2 Å². The normalized spacial score (nSPS) is 12.4. The summed E-state index contributed by atoms with van der Waals surface area (Å²) in [6.45, 7) is 2.04. The van der Waals surface area contributed by atoms with Crippen molar-refractivity contribution in [3.63, 3.8) is 0 Å². The van der Waals surface area contributed by atoms with E-state index < -0.39 is 6.36 Å². The summed E-state index contributed by atoms with van der Waals surface area (Å²) in [5, 5.41) is 0. The van der Waals surface area contributed by atoms with Gasteiger partial charge in [0.15, 0.2) is 0 Å². The molecule has 6 heteroatoms. The number of likely N-dealkylation sites (N-methyl/N-ethyl adjacent to an activating group) is 1. The molecule has 0 bridgehead atoms. The number of hydrogen-bond acceptors (Lipinski definition) is 3. The van der Waals surface area contributed by atoms with Crippen molar-refractivity contribution in [2.45, 2.75) is 25.6 Å². The molecule has 0 aromatic rings. The molecule has 0 unspecified atom stereocenters. The summed E-state index contributed by atoms with van der Waals surface area (Å²) >= 11 is 0. The Bertz CT molecular complexity index is 153. The maximum atomic E-state index is 11.5. The molecule has 0 radical (unpaired) electrons. The lowest BCUT2D eigenvalue weighted by atomic mass is 10.2. The van der Waals surface area contributed by atoms with Crippen molar-refractivity contribution in [3.05, 3.63) is 0 Å². The molecule has 0 aromatic heterocycles. The second-order valence-corrected chi connectivity index (χ2v) is 3.45. The van der Waals surface area contributed by atoms with E-state index in [1.807, 2.05) is 7.05 Å². The van der Waals surface area contributed by atoms with Gasteiger partial charge in [-0.05, 0) is 32.9 Å². The van der Waals surface area contributed by atoms with Crippen LogP contribution in [0.3, 0.4) is 0 Å². The molecular weight excluding hydrogens is 209 g/mol. The van der Waals surface area contributed by atoms with Crippen molar-refractivity contribution in [2.24, 2.45) is 5.73 Å². The second-order valence-electron chi connectivity index (χ2n) is 3.45. The Hall–Kier alpha value is -0.330. The number of nitrogens with zero attached hydrogens (tertiary/aromatic N) is 1. The van der Waals surface area contributed by atoms with Crippen molar-refractivity contribution < 1.29 is 17.9 Å². The largest absolute Gasteiger partial charge is 0.522 e. The second kappa shape index (κ2) is 7.90. The summed E-state index contributed by atoms with van der Waals surface area (Å²) in [5.74, 6) is 0. The molecule has 3 nitrogen and oxygen atoms in total. The van der Waals surface area contributed by atoms with Crippen LogP contribution in [0.2, 0.25) is 0 Å². The summed E-state index contributed by atoms with van der Waals surface area (Å²) in [6.07, 6.45) is -2.44. The molecule has 0 saturated carbocycles. The van der Waals surface area contributed by atoms with Gasteiger partial charge in [0.25, 0.3) is 0 Å². The van der Waals surface area contributed by atoms with Gasteiger partial charge in [-0.1, -0.05) is 0 Å². The van der Waals surface area contributed by atoms with E-state index in [1.165, 1.54) is 0 Å². The zero-order valence-corrected chi connectivity index (χ0v) is 9.02. The average molecular weight is 228 g/mol. The Morgan fingerprint density at radius 1 is 1.13 bits per heavy atom. The molecule has 0 heterocycles. The fraction of sp³-hybridized carbons (Fsp3) is 1.00. The third-order valence-corrected chi connectivity index (χ3v) is 1.96. The predicted octanol–water partition coefficient (Wildman–Crippen LogP) is 1.58. The standard InChI is InChI=1S/C9H19F3N2O/c1-14(7-5-13)6-3-2-4-8-15-9(10,11)12/h2-8,13H2,1H3. The Kier molecular flexibility index (Phi) is 7.72. The zero-order chi connectivity index (χ0) is 11.7. The molecule has 0 aliphatic carbocycles. The number of nitrogens with two attached hydrogens (primary N) is 1. The minimum absolute atomic E-state index is 0.246. The van der Waals surface area contributed by atoms with Crippen LogP contribution in [0.4, 0.5) is 13.2 Å². The molecule has 0 aliphatic rings. The molecule has 0 aromatic carbocycles. The van der Waals surface area contributed by atoms with Gasteiger partial charge in [0, 0.05) is 13.1 Å². The first-order chi connectivity index (χ1) is 6.95. The molecule has 0 fully saturated rings. The molecule has 0 spiro atoms. The molecule has 92 valence electrons. The van der Waals surface area contributed by atoms with Crippen LogP contribution in [0.25, 0.3) is 0 Å². The van der Waals surface area contributed by atoms with Gasteiger partial charge < -0.3 is 10.6 Å². The highest BCUT2D eigenvalue weighted by atomic mass is 19.4. The van der Waals surface area contributed by atoms with Gasteiger partial charge in [0.05, 0.1) is 6.61 Å². The Balaban J connectivity index is 3.18. The van der Waals surface area contributed by atoms with E-state index in [0.717, 1.165) is 25.9 Å². The summed E-state index contributed by atoms with van der Waals surface area (Å²) in [6, 6.07) is 0. The van der Waals surface area contributed by atoms with Gasteiger partial charge in [-0.2, -0.15) is 0 Å². The van der Waals surface area contributed by atoms with E-state index in [4.69, 9.17) is 5.73 Å². The lowest BCUT2D eigenvalue weighted by Crippen LogP contribution is -2.26. The number of halogens is 3. The highest BCUT2D eigenvalue weighted by Gasteiger charge is 2.28. The summed E-state index contributed by atoms with van der Waals surface area (Å²) in [4.78, 5) is 2.06. The molecule has 0 amide bonds. The number of alkyl halides is 3. The fourth-order valence-electron chi connectivity index (χ4n) is 1.18. The van der Waals surface area contributed by atoms with E-state index in [0.29, 0.717) is 13.0 Å². The number of hydrogen-bond donors (Lipinski definition) is 1. The molecule has 0 rings (SSSR count). The zero-order valence-electron chi connectivity index (χ0n) is 9.02. The maximum Gasteiger partial charge on any atom is 0.522 e. The van der Waals surface area contributed by atoms with Crippen LogP contribution in [0.15, 0.2) is 0 Å². The first-order valence-electron chi connectivity index (χ1n) is 5.05. The van der Waals surface area contributed by atoms with E-state index in [1.54, 1.807) is 0 Å². The summed E-state index contributed by atoms with van der Waals surface area (Å²) in [5.41, 5.74) is 5.34. The fourth-order valence-corrected chi connectivity index (χ4v) is 1.18. The van der Waals surface area contributed by atoms with Gasteiger partial charge in [-0.15, -0.1) is 13.2 Å². The first-order valence-corrected chi connectivity index (χ1v) is 5.05. The lowest BCUT2D eigenvalue weighted by Gasteiger charge is -2.14. The van der Waals surface area contributed by atoms with Gasteiger partial charge in [0.1, 0.15) is 0 Å². The molecule has 0 saturated heterocycles. The monoisotopic (exact) mass is 228 g/mol. The van der Waals surface area contributed by atoms with Crippen LogP contribution in [-0.2, 0) is 4.74 Å². The third-order valence-electron chi connectivity index (χ3n) is 1.96. The number of rotatable bonds is 8. The highest BCUT2D eigenvalue weighted by Crippen LogP contribution is 2.16. The molecule has 15 heavy (non-hydrogen) atoms. The van der Waals surface area contributed by atoms with E-state index in [2.05, 4.69) is 9.64 Å². The van der Waals surface area contributed by atoms with Crippen LogP contribution in [0.1, 0.15) is 19.3 Å². The van der Waals surface area contributed by atoms with Crippen LogP contribution >= 0.6 is 0 Å². The topological polar surface area (TPSA) is 38.5 Å². The Morgan fingerprint density at radius 2 is 1.80 bits per heavy atom.